The Morgan fingerprint density at radius 3 is 2.32 bits per heavy atom. The molecule has 0 aliphatic rings. The van der Waals surface area contributed by atoms with Gasteiger partial charge in [0.1, 0.15) is 12.4 Å². The van der Waals surface area contributed by atoms with Crippen molar-refractivity contribution < 1.29 is 19.0 Å². The number of allylic oxidation sites excluding steroid dienone is 5. The van der Waals surface area contributed by atoms with E-state index in [9.17, 15) is 4.79 Å². The lowest BCUT2D eigenvalue weighted by atomic mass is 10.2. The number of ether oxygens (including phenoxy) is 3. The van der Waals surface area contributed by atoms with Crippen LogP contribution >= 0.6 is 0 Å². The van der Waals surface area contributed by atoms with Gasteiger partial charge in [-0.15, -0.1) is 6.42 Å². The maximum atomic E-state index is 10.7. The Morgan fingerprint density at radius 1 is 1.12 bits per heavy atom. The third kappa shape index (κ3) is 12.3. The molecule has 0 unspecified atom stereocenters. The van der Waals surface area contributed by atoms with Crippen LogP contribution in [0.3, 0.4) is 0 Å². The largest absolute Gasteiger partial charge is 0.491 e. The van der Waals surface area contributed by atoms with Crippen molar-refractivity contribution >= 4 is 5.97 Å². The Labute approximate surface area is 150 Å². The van der Waals surface area contributed by atoms with Gasteiger partial charge < -0.3 is 14.2 Å². The number of hydrogen-bond acceptors (Lipinski definition) is 4. The van der Waals surface area contributed by atoms with Crippen molar-refractivity contribution in [1.29, 1.82) is 0 Å². The van der Waals surface area contributed by atoms with Crippen LogP contribution in [0.1, 0.15) is 12.5 Å². The molecule has 1 aromatic rings. The summed E-state index contributed by atoms with van der Waals surface area (Å²) >= 11 is 0. The highest BCUT2D eigenvalue weighted by molar-refractivity contribution is 5.82. The average Bonchev–Trinajstić information content (AvgIpc) is 2.64. The van der Waals surface area contributed by atoms with Gasteiger partial charge in [0.05, 0.1) is 13.7 Å². The number of rotatable bonds is 7. The van der Waals surface area contributed by atoms with Gasteiger partial charge >= 0.3 is 5.97 Å². The number of aryl methyl sites for hydroxylation is 1. The van der Waals surface area contributed by atoms with Crippen LogP contribution in [0.25, 0.3) is 0 Å². The topological polar surface area (TPSA) is 44.8 Å². The fourth-order valence-corrected chi connectivity index (χ4v) is 1.50. The number of carbonyl (C=O) groups excluding carboxylic acids is 1. The number of methoxy groups -OCH3 is 2. The van der Waals surface area contributed by atoms with Gasteiger partial charge in [-0.3, -0.25) is 0 Å². The van der Waals surface area contributed by atoms with Crippen molar-refractivity contribution in [2.75, 3.05) is 27.4 Å². The van der Waals surface area contributed by atoms with Crippen LogP contribution in [0, 0.1) is 19.3 Å². The fraction of sp³-hybridized carbons (Fsp3) is 0.286. The molecule has 0 aromatic heterocycles. The van der Waals surface area contributed by atoms with Crippen LogP contribution < -0.4 is 4.74 Å². The van der Waals surface area contributed by atoms with Crippen molar-refractivity contribution in [3.8, 4) is 18.1 Å². The van der Waals surface area contributed by atoms with Crippen molar-refractivity contribution in [3.05, 3.63) is 65.8 Å². The molecule has 0 atom stereocenters. The molecule has 0 N–H and O–H groups in total. The minimum absolute atomic E-state index is 0.381. The van der Waals surface area contributed by atoms with Gasteiger partial charge in [0.2, 0.25) is 0 Å². The molecule has 1 aromatic carbocycles. The molecule has 0 saturated heterocycles. The highest BCUT2D eigenvalue weighted by Gasteiger charge is 1.91. The summed E-state index contributed by atoms with van der Waals surface area (Å²) in [6.45, 7) is 5.16. The van der Waals surface area contributed by atoms with E-state index in [1.807, 2.05) is 37.3 Å². The number of hydrogen-bond donors (Lipinski definition) is 0. The summed E-state index contributed by atoms with van der Waals surface area (Å²) in [4.78, 5) is 10.7. The maximum Gasteiger partial charge on any atom is 0.330 e. The van der Waals surface area contributed by atoms with E-state index in [0.717, 1.165) is 11.3 Å². The van der Waals surface area contributed by atoms with Gasteiger partial charge in [-0.2, -0.15) is 0 Å². The molecule has 0 spiro atoms. The average molecular weight is 342 g/mol. The highest BCUT2D eigenvalue weighted by Crippen LogP contribution is 2.10. The van der Waals surface area contributed by atoms with Crippen LogP contribution in [-0.2, 0) is 14.3 Å². The summed E-state index contributed by atoms with van der Waals surface area (Å²) in [5.74, 6) is 2.88. The van der Waals surface area contributed by atoms with Gasteiger partial charge in [0.15, 0.2) is 0 Å². The minimum atomic E-state index is -0.381. The Morgan fingerprint density at radius 2 is 1.80 bits per heavy atom. The van der Waals surface area contributed by atoms with Crippen molar-refractivity contribution in [2.45, 2.75) is 13.8 Å². The van der Waals surface area contributed by atoms with E-state index >= 15 is 0 Å². The molecule has 0 heterocycles. The van der Waals surface area contributed by atoms with Crippen LogP contribution in [0.2, 0.25) is 0 Å². The van der Waals surface area contributed by atoms with Gasteiger partial charge in [0, 0.05) is 13.2 Å². The zero-order valence-corrected chi connectivity index (χ0v) is 15.3. The van der Waals surface area contributed by atoms with E-state index in [1.54, 1.807) is 25.3 Å². The molecule has 0 aliphatic heterocycles. The summed E-state index contributed by atoms with van der Waals surface area (Å²) in [7, 11) is 3.00. The first kappa shape index (κ1) is 22.2. The molecule has 0 amide bonds. The Bertz CT molecular complexity index is 616. The van der Waals surface area contributed by atoms with E-state index in [0.29, 0.717) is 13.2 Å². The van der Waals surface area contributed by atoms with E-state index < -0.39 is 0 Å². The van der Waals surface area contributed by atoms with Crippen LogP contribution in [0.5, 0.6) is 5.75 Å². The molecule has 4 heteroatoms. The third-order valence-corrected chi connectivity index (χ3v) is 2.90. The molecule has 25 heavy (non-hydrogen) atoms. The van der Waals surface area contributed by atoms with E-state index in [2.05, 4.69) is 17.6 Å². The molecule has 0 radical (unpaired) electrons. The molecule has 0 bridgehead atoms. The fourth-order valence-electron chi connectivity index (χ4n) is 1.50. The first-order valence-electron chi connectivity index (χ1n) is 7.80. The minimum Gasteiger partial charge on any atom is -0.491 e. The van der Waals surface area contributed by atoms with Crippen LogP contribution in [-0.4, -0.2) is 33.4 Å². The second-order valence-corrected chi connectivity index (χ2v) is 4.80. The number of benzene rings is 1. The van der Waals surface area contributed by atoms with Gasteiger partial charge in [-0.1, -0.05) is 29.7 Å². The van der Waals surface area contributed by atoms with E-state index in [4.69, 9.17) is 15.9 Å². The van der Waals surface area contributed by atoms with Gasteiger partial charge in [-0.05, 0) is 49.8 Å². The summed E-state index contributed by atoms with van der Waals surface area (Å²) in [5, 5.41) is 0. The summed E-state index contributed by atoms with van der Waals surface area (Å²) in [6, 6.07) is 7.99. The predicted octanol–water partition coefficient (Wildman–Crippen LogP) is 3.87. The monoisotopic (exact) mass is 342 g/mol. The molecular weight excluding hydrogens is 316 g/mol. The van der Waals surface area contributed by atoms with Gasteiger partial charge in [-0.25, -0.2) is 4.79 Å². The standard InChI is InChI=1S/C11H12O2.C10H14O2/c1-4-6-7-10(5-2)8-9-11(12)13-3;1-9-3-5-10(6-4-9)12-8-7-11-2/h1,5-9H,2-3H3;3-6H,7-8H2,1-2H3/b7-6-,9-8+,10-5+;. The predicted molar refractivity (Wildman–Crippen MR) is 101 cm³/mol. The second-order valence-electron chi connectivity index (χ2n) is 4.80. The third-order valence-electron chi connectivity index (χ3n) is 2.90. The van der Waals surface area contributed by atoms with E-state index in [-0.39, 0.29) is 5.97 Å². The normalized spacial score (nSPS) is 10.9. The van der Waals surface area contributed by atoms with Gasteiger partial charge in [0.25, 0.3) is 0 Å². The van der Waals surface area contributed by atoms with Crippen LogP contribution in [0.4, 0.5) is 0 Å². The highest BCUT2D eigenvalue weighted by atomic mass is 16.5. The zero-order valence-electron chi connectivity index (χ0n) is 15.3. The quantitative estimate of drug-likeness (QED) is 0.248. The lowest BCUT2D eigenvalue weighted by Gasteiger charge is -2.04. The maximum absolute atomic E-state index is 10.7. The lowest BCUT2D eigenvalue weighted by molar-refractivity contribution is -0.134. The SMILES string of the molecule is C#C\C=C/C(/C=C/C(=O)OC)=C\C.COCCOc1ccc(C)cc1. The first-order valence-corrected chi connectivity index (χ1v) is 7.80. The van der Waals surface area contributed by atoms with Crippen molar-refractivity contribution in [2.24, 2.45) is 0 Å². The zero-order chi connectivity index (χ0) is 18.9. The number of esters is 1. The summed E-state index contributed by atoms with van der Waals surface area (Å²) in [6.07, 6.45) is 13.2. The first-order chi connectivity index (χ1) is 12.1. The smallest absolute Gasteiger partial charge is 0.330 e. The molecule has 0 fully saturated rings. The van der Waals surface area contributed by atoms with Crippen molar-refractivity contribution in [3.63, 3.8) is 0 Å². The summed E-state index contributed by atoms with van der Waals surface area (Å²) in [5.41, 5.74) is 2.11. The molecule has 134 valence electrons. The molecular formula is C21H26O4. The van der Waals surface area contributed by atoms with E-state index in [1.165, 1.54) is 18.7 Å². The molecule has 4 nitrogen and oxygen atoms in total. The Kier molecular flexibility index (Phi) is 13.2. The van der Waals surface area contributed by atoms with Crippen molar-refractivity contribution in [1.82, 2.24) is 0 Å². The Balaban J connectivity index is 0.000000462. The lowest BCUT2D eigenvalue weighted by Crippen LogP contribution is -2.03. The van der Waals surface area contributed by atoms with Crippen LogP contribution in [0.15, 0.2) is 60.2 Å². The number of carbonyl (C=O) groups is 1. The number of terminal acetylenes is 1. The molecule has 0 saturated carbocycles. The second kappa shape index (κ2) is 14.8. The molecule has 1 rings (SSSR count). The Hall–Kier alpha value is -2.77. The molecule has 0 aliphatic carbocycles. The summed E-state index contributed by atoms with van der Waals surface area (Å²) < 4.78 is 14.7.